The number of carbonyl (C=O) groups excluding carboxylic acids is 1. The van der Waals surface area contributed by atoms with E-state index < -0.39 is 0 Å². The van der Waals surface area contributed by atoms with Crippen molar-refractivity contribution in [3.05, 3.63) is 59.5 Å². The molecule has 0 aliphatic carbocycles. The quantitative estimate of drug-likeness (QED) is 0.838. The molecule has 0 N–H and O–H groups in total. The second-order valence-corrected chi connectivity index (χ2v) is 6.18. The molecule has 3 rings (SSSR count). The summed E-state index contributed by atoms with van der Waals surface area (Å²) in [4.78, 5) is 14.3. The van der Waals surface area contributed by atoms with Crippen LogP contribution in [0, 0.1) is 6.92 Å². The first-order valence-corrected chi connectivity index (χ1v) is 8.09. The highest BCUT2D eigenvalue weighted by Gasteiger charge is 2.28. The van der Waals surface area contributed by atoms with Gasteiger partial charge in [0.25, 0.3) is 0 Å². The van der Waals surface area contributed by atoms with Crippen molar-refractivity contribution in [1.82, 2.24) is 4.90 Å². The van der Waals surface area contributed by atoms with Crippen LogP contribution in [0.5, 0.6) is 0 Å². The Hall–Kier alpha value is -2.03. The van der Waals surface area contributed by atoms with Crippen LogP contribution in [0.3, 0.4) is 0 Å². The molecule has 3 nitrogen and oxygen atoms in total. The van der Waals surface area contributed by atoms with Gasteiger partial charge in [0.2, 0.25) is 5.91 Å². The molecule has 0 radical (unpaired) electrons. The zero-order valence-corrected chi connectivity index (χ0v) is 13.1. The molecule has 1 fully saturated rings. The van der Waals surface area contributed by atoms with E-state index in [1.165, 1.54) is 11.1 Å². The van der Waals surface area contributed by atoms with Crippen LogP contribution in [0.2, 0.25) is 0 Å². The van der Waals surface area contributed by atoms with Gasteiger partial charge in [-0.2, -0.15) is 0 Å². The van der Waals surface area contributed by atoms with E-state index >= 15 is 0 Å². The average molecular weight is 297 g/mol. The first kappa shape index (κ1) is 14.9. The Morgan fingerprint density at radius 1 is 1.27 bits per heavy atom. The lowest BCUT2D eigenvalue weighted by Crippen LogP contribution is -2.28. The zero-order chi connectivity index (χ0) is 15.4. The first-order chi connectivity index (χ1) is 10.7. The van der Waals surface area contributed by atoms with Gasteiger partial charge in [-0.05, 0) is 43.9 Å². The van der Waals surface area contributed by atoms with Crippen molar-refractivity contribution in [1.29, 1.82) is 0 Å². The van der Waals surface area contributed by atoms with Crippen LogP contribution in [0.1, 0.15) is 42.1 Å². The minimum Gasteiger partial charge on any atom is -0.469 e. The molecule has 1 saturated heterocycles. The number of hydrogen-bond acceptors (Lipinski definition) is 2. The van der Waals surface area contributed by atoms with Gasteiger partial charge in [0, 0.05) is 25.4 Å². The molecule has 1 aromatic carbocycles. The van der Waals surface area contributed by atoms with Crippen molar-refractivity contribution < 1.29 is 9.21 Å². The number of nitrogens with zero attached hydrogens (tertiary/aromatic N) is 1. The van der Waals surface area contributed by atoms with Gasteiger partial charge >= 0.3 is 0 Å². The Balaban J connectivity index is 1.44. The number of aryl methyl sites for hydroxylation is 2. The molecule has 1 aromatic heterocycles. The summed E-state index contributed by atoms with van der Waals surface area (Å²) in [5.74, 6) is 1.66. The van der Waals surface area contributed by atoms with E-state index in [4.69, 9.17) is 4.42 Å². The Labute approximate surface area is 131 Å². The topological polar surface area (TPSA) is 33.5 Å². The predicted molar refractivity (Wildman–Crippen MR) is 86.8 cm³/mol. The Bertz CT molecular complexity index is 601. The third kappa shape index (κ3) is 3.59. The number of amides is 1. The molecular weight excluding hydrogens is 274 g/mol. The maximum Gasteiger partial charge on any atom is 0.222 e. The van der Waals surface area contributed by atoms with Gasteiger partial charge in [-0.25, -0.2) is 0 Å². The Morgan fingerprint density at radius 3 is 2.82 bits per heavy atom. The van der Waals surface area contributed by atoms with E-state index in [1.807, 2.05) is 17.0 Å². The summed E-state index contributed by atoms with van der Waals surface area (Å²) in [5, 5.41) is 0. The van der Waals surface area contributed by atoms with Crippen molar-refractivity contribution in [2.45, 2.75) is 38.5 Å². The molecule has 1 aliphatic rings. The van der Waals surface area contributed by atoms with Gasteiger partial charge in [0.1, 0.15) is 5.76 Å². The molecule has 3 heteroatoms. The number of carbonyl (C=O) groups is 1. The van der Waals surface area contributed by atoms with E-state index in [-0.39, 0.29) is 5.91 Å². The van der Waals surface area contributed by atoms with Gasteiger partial charge in [0.15, 0.2) is 0 Å². The summed E-state index contributed by atoms with van der Waals surface area (Å²) in [5.41, 5.74) is 2.59. The Morgan fingerprint density at radius 2 is 2.09 bits per heavy atom. The summed E-state index contributed by atoms with van der Waals surface area (Å²) in [6.45, 7) is 3.75. The highest BCUT2D eigenvalue weighted by atomic mass is 16.3. The van der Waals surface area contributed by atoms with Crippen molar-refractivity contribution in [3.8, 4) is 0 Å². The number of benzene rings is 1. The molecule has 0 saturated carbocycles. The lowest BCUT2D eigenvalue weighted by Gasteiger charge is -2.16. The highest BCUT2D eigenvalue weighted by Crippen LogP contribution is 2.27. The zero-order valence-electron chi connectivity index (χ0n) is 13.1. The second-order valence-electron chi connectivity index (χ2n) is 6.18. The van der Waals surface area contributed by atoms with Gasteiger partial charge in [-0.15, -0.1) is 0 Å². The summed E-state index contributed by atoms with van der Waals surface area (Å²) >= 11 is 0. The number of rotatable bonds is 5. The van der Waals surface area contributed by atoms with Crippen LogP contribution in [0.15, 0.2) is 47.1 Å². The van der Waals surface area contributed by atoms with Crippen molar-refractivity contribution in [2.75, 3.05) is 13.1 Å². The van der Waals surface area contributed by atoms with Gasteiger partial charge in [0.05, 0.1) is 6.26 Å². The fraction of sp³-hybridized carbons (Fsp3) is 0.421. The monoisotopic (exact) mass is 297 g/mol. The fourth-order valence-electron chi connectivity index (χ4n) is 3.10. The average Bonchev–Trinajstić information content (AvgIpc) is 3.20. The standard InChI is InChI=1S/C19H23NO2/c1-15-7-9-16(10-8-15)4-2-6-19(21)20-12-11-17(14-20)18-5-3-13-22-18/h3,5,7-10,13,17H,2,4,6,11-12,14H2,1H3. The van der Waals surface area contributed by atoms with E-state index in [1.54, 1.807) is 6.26 Å². The molecule has 2 aromatic rings. The molecule has 116 valence electrons. The molecule has 0 bridgehead atoms. The third-order valence-electron chi connectivity index (χ3n) is 4.46. The van der Waals surface area contributed by atoms with Crippen LogP contribution in [-0.2, 0) is 11.2 Å². The molecule has 1 aliphatic heterocycles. The lowest BCUT2D eigenvalue weighted by molar-refractivity contribution is -0.130. The Kier molecular flexibility index (Phi) is 4.62. The van der Waals surface area contributed by atoms with Crippen LogP contribution in [-0.4, -0.2) is 23.9 Å². The predicted octanol–water partition coefficient (Wildman–Crippen LogP) is 3.93. The SMILES string of the molecule is Cc1ccc(CCCC(=O)N2CCC(c3ccco3)C2)cc1. The van der Waals surface area contributed by atoms with Crippen LogP contribution in [0.4, 0.5) is 0 Å². The van der Waals surface area contributed by atoms with E-state index in [0.717, 1.165) is 38.1 Å². The maximum atomic E-state index is 12.3. The molecular formula is C19H23NO2. The molecule has 1 amide bonds. The van der Waals surface area contributed by atoms with Crippen molar-refractivity contribution >= 4 is 5.91 Å². The van der Waals surface area contributed by atoms with Gasteiger partial charge in [-0.1, -0.05) is 29.8 Å². The smallest absolute Gasteiger partial charge is 0.222 e. The number of furan rings is 1. The van der Waals surface area contributed by atoms with Crippen LogP contribution in [0.25, 0.3) is 0 Å². The minimum absolute atomic E-state index is 0.279. The summed E-state index contributed by atoms with van der Waals surface area (Å²) in [6, 6.07) is 12.5. The van der Waals surface area contributed by atoms with E-state index in [9.17, 15) is 4.79 Å². The second kappa shape index (κ2) is 6.82. The van der Waals surface area contributed by atoms with Crippen LogP contribution >= 0.6 is 0 Å². The summed E-state index contributed by atoms with van der Waals surface area (Å²) in [6.07, 6.45) is 5.25. The molecule has 1 unspecified atom stereocenters. The van der Waals surface area contributed by atoms with Gasteiger partial charge < -0.3 is 9.32 Å². The van der Waals surface area contributed by atoms with Crippen LogP contribution < -0.4 is 0 Å². The number of hydrogen-bond donors (Lipinski definition) is 0. The lowest BCUT2D eigenvalue weighted by atomic mass is 10.1. The molecule has 1 atom stereocenters. The normalized spacial score (nSPS) is 17.9. The molecule has 0 spiro atoms. The fourth-order valence-corrected chi connectivity index (χ4v) is 3.10. The van der Waals surface area contributed by atoms with Crippen molar-refractivity contribution in [2.24, 2.45) is 0 Å². The van der Waals surface area contributed by atoms with Crippen molar-refractivity contribution in [3.63, 3.8) is 0 Å². The first-order valence-electron chi connectivity index (χ1n) is 8.09. The van der Waals surface area contributed by atoms with E-state index in [2.05, 4.69) is 31.2 Å². The van der Waals surface area contributed by atoms with E-state index in [0.29, 0.717) is 12.3 Å². The molecule has 22 heavy (non-hydrogen) atoms. The summed E-state index contributed by atoms with van der Waals surface area (Å²) in [7, 11) is 0. The van der Waals surface area contributed by atoms with Gasteiger partial charge in [-0.3, -0.25) is 4.79 Å². The minimum atomic E-state index is 0.279. The highest BCUT2D eigenvalue weighted by molar-refractivity contribution is 5.76. The third-order valence-corrected chi connectivity index (χ3v) is 4.46. The number of likely N-dealkylation sites (tertiary alicyclic amines) is 1. The summed E-state index contributed by atoms with van der Waals surface area (Å²) < 4.78 is 5.46. The maximum absolute atomic E-state index is 12.3. The molecule has 2 heterocycles. The largest absolute Gasteiger partial charge is 0.469 e.